The monoisotopic (exact) mass is 469 g/mol. The van der Waals surface area contributed by atoms with Crippen molar-refractivity contribution in [2.45, 2.75) is 45.1 Å². The molecule has 0 spiro atoms. The first kappa shape index (κ1) is 21.4. The summed E-state index contributed by atoms with van der Waals surface area (Å²) in [6.07, 6.45) is 0.499. The number of fused-ring (bicyclic) bond motifs is 2. The fraction of sp³-hybridized carbons (Fsp3) is 0.304. The molecule has 33 heavy (non-hydrogen) atoms. The quantitative estimate of drug-likeness (QED) is 0.496. The van der Waals surface area contributed by atoms with Crippen molar-refractivity contribution < 1.29 is 18.8 Å². The van der Waals surface area contributed by atoms with Crippen LogP contribution in [0.3, 0.4) is 0 Å². The molecule has 1 unspecified atom stereocenters. The molecule has 0 saturated carbocycles. The second-order valence-electron chi connectivity index (χ2n) is 8.57. The summed E-state index contributed by atoms with van der Waals surface area (Å²) in [4.78, 5) is 46.1. The molecule has 170 valence electrons. The van der Waals surface area contributed by atoms with Gasteiger partial charge in [0.15, 0.2) is 0 Å². The molecule has 2 aliphatic heterocycles. The van der Waals surface area contributed by atoms with E-state index in [2.05, 4.69) is 20.6 Å². The molecular weight excluding hydrogens is 449 g/mol. The number of imide groups is 1. The number of aromatic amines is 1. The molecule has 3 aromatic rings. The minimum atomic E-state index is -1.06. The van der Waals surface area contributed by atoms with Gasteiger partial charge in [-0.15, -0.1) is 0 Å². The average molecular weight is 470 g/mol. The van der Waals surface area contributed by atoms with Gasteiger partial charge in [-0.25, -0.2) is 9.37 Å². The summed E-state index contributed by atoms with van der Waals surface area (Å²) < 4.78 is 13.0. The minimum absolute atomic E-state index is 0.201. The van der Waals surface area contributed by atoms with Crippen LogP contribution in [-0.2, 0) is 29.4 Å². The van der Waals surface area contributed by atoms with Crippen LogP contribution in [0.5, 0.6) is 0 Å². The van der Waals surface area contributed by atoms with E-state index in [1.807, 2.05) is 12.1 Å². The van der Waals surface area contributed by atoms with Crippen LogP contribution >= 0.6 is 11.6 Å². The molecule has 2 aliphatic rings. The molecule has 1 atom stereocenters. The van der Waals surface area contributed by atoms with Crippen molar-refractivity contribution in [3.63, 3.8) is 0 Å². The standard InChI is InChI=1S/C23H21ClFN5O3/c1-23(5-4-19(31)29-21(23)33)30-11-14-6-12(2-3-15(14)20(30)32)10-26-22-27-17-7-13(9-25)16(24)8-18(17)28-22/h2-3,6-8H,4-5,9-11H2,1H3,(H2,26,27,28)(H,29,31,33). The Hall–Kier alpha value is -3.46. The van der Waals surface area contributed by atoms with Crippen LogP contribution in [-0.4, -0.2) is 38.1 Å². The van der Waals surface area contributed by atoms with Crippen molar-refractivity contribution in [2.24, 2.45) is 0 Å². The highest BCUT2D eigenvalue weighted by molar-refractivity contribution is 6.32. The molecule has 2 aromatic carbocycles. The first-order chi connectivity index (χ1) is 15.8. The Bertz CT molecular complexity index is 1320. The lowest BCUT2D eigenvalue weighted by atomic mass is 9.89. The summed E-state index contributed by atoms with van der Waals surface area (Å²) >= 11 is 6.06. The molecule has 8 nitrogen and oxygen atoms in total. The fourth-order valence-corrected chi connectivity index (χ4v) is 4.59. The second-order valence-corrected chi connectivity index (χ2v) is 8.97. The van der Waals surface area contributed by atoms with Crippen LogP contribution in [0.25, 0.3) is 11.0 Å². The van der Waals surface area contributed by atoms with Gasteiger partial charge in [-0.2, -0.15) is 0 Å². The number of benzene rings is 2. The van der Waals surface area contributed by atoms with E-state index in [4.69, 9.17) is 11.6 Å². The Labute approximate surface area is 193 Å². The molecule has 0 radical (unpaired) electrons. The van der Waals surface area contributed by atoms with Crippen LogP contribution in [0.1, 0.15) is 46.8 Å². The lowest BCUT2D eigenvalue weighted by Gasteiger charge is -2.39. The van der Waals surface area contributed by atoms with Crippen LogP contribution in [0.4, 0.5) is 10.3 Å². The topological polar surface area (TPSA) is 107 Å². The zero-order chi connectivity index (χ0) is 23.3. The van der Waals surface area contributed by atoms with Crippen LogP contribution in [0.15, 0.2) is 30.3 Å². The number of hydrogen-bond donors (Lipinski definition) is 3. The number of anilines is 1. The number of alkyl halides is 1. The van der Waals surface area contributed by atoms with Gasteiger partial charge in [0.1, 0.15) is 12.2 Å². The van der Waals surface area contributed by atoms with Gasteiger partial charge in [0.2, 0.25) is 11.9 Å². The maximum Gasteiger partial charge on any atom is 0.255 e. The number of nitrogens with zero attached hydrogens (tertiary/aromatic N) is 2. The summed E-state index contributed by atoms with van der Waals surface area (Å²) in [5.74, 6) is -0.452. The highest BCUT2D eigenvalue weighted by Gasteiger charge is 2.48. The van der Waals surface area contributed by atoms with E-state index in [0.29, 0.717) is 52.6 Å². The van der Waals surface area contributed by atoms with E-state index in [0.717, 1.165) is 11.1 Å². The molecule has 1 aromatic heterocycles. The molecule has 3 heterocycles. The molecule has 1 fully saturated rings. The average Bonchev–Trinajstić information content (AvgIpc) is 3.34. The normalized spacial score (nSPS) is 20.3. The zero-order valence-corrected chi connectivity index (χ0v) is 18.6. The molecule has 3 N–H and O–H groups in total. The number of hydrogen-bond acceptors (Lipinski definition) is 5. The van der Waals surface area contributed by atoms with Crippen LogP contribution in [0, 0.1) is 0 Å². The molecule has 5 rings (SSSR count). The fourth-order valence-electron chi connectivity index (χ4n) is 4.38. The van der Waals surface area contributed by atoms with Gasteiger partial charge in [-0.1, -0.05) is 23.7 Å². The Morgan fingerprint density at radius 1 is 1.24 bits per heavy atom. The number of carbonyl (C=O) groups is 3. The van der Waals surface area contributed by atoms with Crippen LogP contribution < -0.4 is 10.6 Å². The predicted octanol–water partition coefficient (Wildman–Crippen LogP) is 3.45. The van der Waals surface area contributed by atoms with E-state index in [-0.39, 0.29) is 18.2 Å². The lowest BCUT2D eigenvalue weighted by Crippen LogP contribution is -2.61. The number of halogens is 2. The minimum Gasteiger partial charge on any atom is -0.352 e. The van der Waals surface area contributed by atoms with E-state index in [9.17, 15) is 18.8 Å². The number of nitrogens with one attached hydrogen (secondary N) is 3. The predicted molar refractivity (Wildman–Crippen MR) is 120 cm³/mol. The number of rotatable bonds is 5. The first-order valence-electron chi connectivity index (χ1n) is 10.5. The number of piperidine rings is 1. The number of carbonyl (C=O) groups excluding carboxylic acids is 3. The van der Waals surface area contributed by atoms with Crippen LogP contribution in [0.2, 0.25) is 5.02 Å². The number of imidazole rings is 1. The summed E-state index contributed by atoms with van der Waals surface area (Å²) in [5.41, 5.74) is 2.97. The number of aromatic nitrogens is 2. The molecule has 3 amide bonds. The Balaban J connectivity index is 1.32. The highest BCUT2D eigenvalue weighted by atomic mass is 35.5. The first-order valence-corrected chi connectivity index (χ1v) is 10.9. The summed E-state index contributed by atoms with van der Waals surface area (Å²) in [5, 5.41) is 5.88. The third kappa shape index (κ3) is 3.62. The summed E-state index contributed by atoms with van der Waals surface area (Å²) in [6, 6.07) is 8.80. The van der Waals surface area contributed by atoms with Crippen molar-refractivity contribution >= 4 is 46.3 Å². The third-order valence-corrected chi connectivity index (χ3v) is 6.76. The molecule has 0 aliphatic carbocycles. The van der Waals surface area contributed by atoms with E-state index in [1.165, 1.54) is 0 Å². The molecular formula is C23H21ClFN5O3. The molecule has 10 heteroatoms. The van der Waals surface area contributed by atoms with Gasteiger partial charge >= 0.3 is 0 Å². The second kappa shape index (κ2) is 7.84. The lowest BCUT2D eigenvalue weighted by molar-refractivity contribution is -0.142. The number of H-pyrrole nitrogens is 1. The van der Waals surface area contributed by atoms with Gasteiger partial charge in [0, 0.05) is 35.7 Å². The van der Waals surface area contributed by atoms with Crippen molar-refractivity contribution in [2.75, 3.05) is 5.32 Å². The Morgan fingerprint density at radius 2 is 2.06 bits per heavy atom. The molecule has 1 saturated heterocycles. The number of amides is 3. The summed E-state index contributed by atoms with van der Waals surface area (Å²) in [6.45, 7) is 1.79. The van der Waals surface area contributed by atoms with E-state index in [1.54, 1.807) is 30.0 Å². The maximum absolute atomic E-state index is 13.0. The maximum atomic E-state index is 13.0. The van der Waals surface area contributed by atoms with Gasteiger partial charge in [0.25, 0.3) is 11.8 Å². The third-order valence-electron chi connectivity index (χ3n) is 6.40. The highest BCUT2D eigenvalue weighted by Crippen LogP contribution is 2.34. The van der Waals surface area contributed by atoms with Gasteiger partial charge in [-0.3, -0.25) is 19.7 Å². The Morgan fingerprint density at radius 3 is 2.82 bits per heavy atom. The zero-order valence-electron chi connectivity index (χ0n) is 17.8. The smallest absolute Gasteiger partial charge is 0.255 e. The largest absolute Gasteiger partial charge is 0.352 e. The SMILES string of the molecule is CC1(N2Cc3cc(CNc4nc5cc(Cl)c(CF)cc5[nH]4)ccc3C2=O)CCC(=O)NC1=O. The van der Waals surface area contributed by atoms with Crippen molar-refractivity contribution in [1.82, 2.24) is 20.2 Å². The van der Waals surface area contributed by atoms with Gasteiger partial charge in [-0.05, 0) is 42.7 Å². The van der Waals surface area contributed by atoms with Crippen molar-refractivity contribution in [1.29, 1.82) is 0 Å². The molecule has 0 bridgehead atoms. The van der Waals surface area contributed by atoms with Crippen molar-refractivity contribution in [3.8, 4) is 0 Å². The Kier molecular flexibility index (Phi) is 5.08. The van der Waals surface area contributed by atoms with E-state index >= 15 is 0 Å². The summed E-state index contributed by atoms with van der Waals surface area (Å²) in [7, 11) is 0. The van der Waals surface area contributed by atoms with E-state index < -0.39 is 18.1 Å². The van der Waals surface area contributed by atoms with Crippen molar-refractivity contribution in [3.05, 3.63) is 57.6 Å². The van der Waals surface area contributed by atoms with Gasteiger partial charge < -0.3 is 15.2 Å². The van der Waals surface area contributed by atoms with Gasteiger partial charge in [0.05, 0.1) is 11.0 Å².